The van der Waals surface area contributed by atoms with Crippen molar-refractivity contribution in [1.82, 2.24) is 25.1 Å². The van der Waals surface area contributed by atoms with Crippen molar-refractivity contribution in [3.8, 4) is 0 Å². The molecule has 0 unspecified atom stereocenters. The third kappa shape index (κ3) is 6.34. The van der Waals surface area contributed by atoms with Crippen LogP contribution >= 0.6 is 46.5 Å². The van der Waals surface area contributed by atoms with Crippen LogP contribution in [0, 0.1) is 0 Å². The second-order valence-corrected chi connectivity index (χ2v) is 10.4. The molecule has 2 heterocycles. The summed E-state index contributed by atoms with van der Waals surface area (Å²) in [6, 6.07) is 7.64. The SMILES string of the molecule is Nn1c(NN=C2CCCC2)nnc1SCC(=O)Nc1nnc(SCc2ccc(Cl)cc2)s1. The second kappa shape index (κ2) is 11.0. The molecule has 0 saturated heterocycles. The molecule has 0 atom stereocenters. The fourth-order valence-electron chi connectivity index (χ4n) is 2.81. The standard InChI is InChI=1S/C18H20ClN9OS3/c19-12-7-5-11(6-8-12)9-31-18-27-25-16(32-18)21-14(29)10-30-17-26-24-15(28(17)20)23-22-13-3-1-2-4-13/h5-8H,1-4,9-10,20H2,(H,23,24)(H,21,25,29). The second-order valence-electron chi connectivity index (χ2n) is 6.80. The molecule has 4 rings (SSSR count). The summed E-state index contributed by atoms with van der Waals surface area (Å²) in [4.78, 5) is 12.3. The van der Waals surface area contributed by atoms with E-state index in [0.29, 0.717) is 21.3 Å². The van der Waals surface area contributed by atoms with Gasteiger partial charge in [-0.05, 0) is 43.4 Å². The Morgan fingerprint density at radius 1 is 1.16 bits per heavy atom. The molecule has 1 amide bonds. The number of nitrogens with one attached hydrogen (secondary N) is 2. The van der Waals surface area contributed by atoms with Crippen LogP contribution in [-0.4, -0.2) is 42.4 Å². The van der Waals surface area contributed by atoms with Gasteiger partial charge in [-0.25, -0.2) is 10.1 Å². The van der Waals surface area contributed by atoms with Crippen LogP contribution in [0.3, 0.4) is 0 Å². The van der Waals surface area contributed by atoms with Gasteiger partial charge < -0.3 is 5.84 Å². The normalized spacial score (nSPS) is 13.3. The number of hydrogen-bond donors (Lipinski definition) is 3. The predicted molar refractivity (Wildman–Crippen MR) is 130 cm³/mol. The van der Waals surface area contributed by atoms with E-state index in [1.807, 2.05) is 24.3 Å². The topological polar surface area (TPSA) is 136 Å². The van der Waals surface area contributed by atoms with Crippen molar-refractivity contribution in [3.63, 3.8) is 0 Å². The lowest BCUT2D eigenvalue weighted by Gasteiger charge is -2.03. The highest BCUT2D eigenvalue weighted by molar-refractivity contribution is 8.00. The number of hydrogen-bond acceptors (Lipinski definition) is 11. The Kier molecular flexibility index (Phi) is 7.84. The maximum Gasteiger partial charge on any atom is 0.264 e. The molecule has 1 saturated carbocycles. The number of benzene rings is 1. The highest BCUT2D eigenvalue weighted by atomic mass is 35.5. The van der Waals surface area contributed by atoms with E-state index in [1.54, 1.807) is 11.8 Å². The van der Waals surface area contributed by atoms with Crippen LogP contribution in [0.25, 0.3) is 0 Å². The molecule has 1 aliphatic carbocycles. The number of halogens is 1. The van der Waals surface area contributed by atoms with Gasteiger partial charge in [-0.2, -0.15) is 5.10 Å². The molecule has 1 aromatic carbocycles. The average molecular weight is 510 g/mol. The largest absolute Gasteiger partial charge is 0.334 e. The summed E-state index contributed by atoms with van der Waals surface area (Å²) in [6.07, 6.45) is 4.28. The lowest BCUT2D eigenvalue weighted by atomic mass is 10.2. The number of anilines is 2. The van der Waals surface area contributed by atoms with E-state index in [2.05, 4.69) is 36.2 Å². The Morgan fingerprint density at radius 2 is 1.94 bits per heavy atom. The summed E-state index contributed by atoms with van der Waals surface area (Å²) >= 11 is 9.94. The third-order valence-corrected chi connectivity index (χ3v) is 7.66. The van der Waals surface area contributed by atoms with Crippen molar-refractivity contribution >= 4 is 69.2 Å². The smallest absolute Gasteiger partial charge is 0.264 e. The van der Waals surface area contributed by atoms with Crippen molar-refractivity contribution in [2.45, 2.75) is 40.9 Å². The maximum atomic E-state index is 12.3. The van der Waals surface area contributed by atoms with E-state index in [9.17, 15) is 4.79 Å². The van der Waals surface area contributed by atoms with E-state index in [0.717, 1.165) is 47.1 Å². The summed E-state index contributed by atoms with van der Waals surface area (Å²) in [5.41, 5.74) is 5.08. The van der Waals surface area contributed by atoms with Crippen LogP contribution in [0.1, 0.15) is 31.2 Å². The van der Waals surface area contributed by atoms with E-state index < -0.39 is 0 Å². The summed E-state index contributed by atoms with van der Waals surface area (Å²) < 4.78 is 2.05. The van der Waals surface area contributed by atoms with Gasteiger partial charge in [0.15, 0.2) is 4.34 Å². The molecule has 4 N–H and O–H groups in total. The van der Waals surface area contributed by atoms with E-state index in [-0.39, 0.29) is 11.7 Å². The Bertz CT molecular complexity index is 1090. The Labute approximate surface area is 201 Å². The molecule has 14 heteroatoms. The molecule has 0 spiro atoms. The number of carbonyl (C=O) groups excluding carboxylic acids is 1. The number of nitrogens with zero attached hydrogens (tertiary/aromatic N) is 6. The lowest BCUT2D eigenvalue weighted by Crippen LogP contribution is -2.17. The summed E-state index contributed by atoms with van der Waals surface area (Å²) in [5.74, 6) is 6.94. The summed E-state index contributed by atoms with van der Waals surface area (Å²) in [7, 11) is 0. The molecule has 0 radical (unpaired) electrons. The Hall–Kier alpha value is -2.35. The van der Waals surface area contributed by atoms with Gasteiger partial charge in [0, 0.05) is 16.5 Å². The molecular weight excluding hydrogens is 490 g/mol. The van der Waals surface area contributed by atoms with Gasteiger partial charge in [-0.3, -0.25) is 10.1 Å². The number of amides is 1. The molecule has 168 valence electrons. The summed E-state index contributed by atoms with van der Waals surface area (Å²) in [6.45, 7) is 0. The van der Waals surface area contributed by atoms with E-state index in [1.165, 1.54) is 27.8 Å². The fourth-order valence-corrected chi connectivity index (χ4v) is 5.31. The van der Waals surface area contributed by atoms with Gasteiger partial charge in [0.25, 0.3) is 5.95 Å². The predicted octanol–water partition coefficient (Wildman–Crippen LogP) is 3.86. The van der Waals surface area contributed by atoms with Crippen LogP contribution in [0.15, 0.2) is 38.9 Å². The van der Waals surface area contributed by atoms with Gasteiger partial charge in [0.05, 0.1) is 5.75 Å². The number of nitrogen functional groups attached to an aromatic ring is 1. The first kappa shape index (κ1) is 22.8. The van der Waals surface area contributed by atoms with Crippen LogP contribution in [0.5, 0.6) is 0 Å². The van der Waals surface area contributed by atoms with Crippen molar-refractivity contribution in [2.75, 3.05) is 22.3 Å². The molecule has 2 aromatic heterocycles. The maximum absolute atomic E-state index is 12.3. The van der Waals surface area contributed by atoms with Crippen molar-refractivity contribution < 1.29 is 4.79 Å². The van der Waals surface area contributed by atoms with Crippen LogP contribution in [-0.2, 0) is 10.5 Å². The lowest BCUT2D eigenvalue weighted by molar-refractivity contribution is -0.113. The van der Waals surface area contributed by atoms with Crippen molar-refractivity contribution in [2.24, 2.45) is 5.10 Å². The first-order valence-electron chi connectivity index (χ1n) is 9.72. The number of hydrazone groups is 1. The number of thioether (sulfide) groups is 2. The van der Waals surface area contributed by atoms with Gasteiger partial charge in [0.2, 0.25) is 16.2 Å². The minimum Gasteiger partial charge on any atom is -0.334 e. The molecule has 3 aromatic rings. The van der Waals surface area contributed by atoms with Crippen molar-refractivity contribution in [3.05, 3.63) is 34.9 Å². The number of carbonyl (C=O) groups is 1. The number of rotatable bonds is 9. The van der Waals surface area contributed by atoms with E-state index >= 15 is 0 Å². The van der Waals surface area contributed by atoms with Crippen LogP contribution < -0.4 is 16.6 Å². The first-order valence-corrected chi connectivity index (χ1v) is 12.9. The van der Waals surface area contributed by atoms with Gasteiger partial charge in [0.1, 0.15) is 0 Å². The zero-order valence-corrected chi connectivity index (χ0v) is 20.0. The first-order chi connectivity index (χ1) is 15.6. The Balaban J connectivity index is 1.23. The molecule has 1 fully saturated rings. The average Bonchev–Trinajstić information content (AvgIpc) is 3.53. The zero-order valence-electron chi connectivity index (χ0n) is 16.8. The molecule has 10 nitrogen and oxygen atoms in total. The van der Waals surface area contributed by atoms with Gasteiger partial charge >= 0.3 is 0 Å². The van der Waals surface area contributed by atoms with E-state index in [4.69, 9.17) is 17.4 Å². The minimum atomic E-state index is -0.232. The number of aromatic nitrogens is 5. The van der Waals surface area contributed by atoms with Crippen LogP contribution in [0.2, 0.25) is 5.02 Å². The molecule has 1 aliphatic rings. The number of nitrogens with two attached hydrogens (primary N) is 1. The van der Waals surface area contributed by atoms with Gasteiger partial charge in [-0.1, -0.05) is 58.6 Å². The molecule has 0 bridgehead atoms. The monoisotopic (exact) mass is 509 g/mol. The highest BCUT2D eigenvalue weighted by Gasteiger charge is 2.15. The molecule has 0 aliphatic heterocycles. The summed E-state index contributed by atoms with van der Waals surface area (Å²) in [5, 5.41) is 24.7. The van der Waals surface area contributed by atoms with Crippen molar-refractivity contribution in [1.29, 1.82) is 0 Å². The fraction of sp³-hybridized carbons (Fsp3) is 0.333. The third-order valence-electron chi connectivity index (χ3n) is 4.42. The Morgan fingerprint density at radius 3 is 2.72 bits per heavy atom. The molecule has 32 heavy (non-hydrogen) atoms. The molecular formula is C18H20ClN9OS3. The quantitative estimate of drug-likeness (QED) is 0.170. The van der Waals surface area contributed by atoms with Gasteiger partial charge in [-0.15, -0.1) is 20.4 Å². The highest BCUT2D eigenvalue weighted by Crippen LogP contribution is 2.29. The zero-order chi connectivity index (χ0) is 22.3. The van der Waals surface area contributed by atoms with Crippen LogP contribution in [0.4, 0.5) is 11.1 Å². The minimum absolute atomic E-state index is 0.108.